The van der Waals surface area contributed by atoms with E-state index in [4.69, 9.17) is 10.5 Å². The third-order valence-electron chi connectivity index (χ3n) is 3.02. The molecular formula is C14H13BrN4O. The lowest BCUT2D eigenvalue weighted by Gasteiger charge is -2.09. The summed E-state index contributed by atoms with van der Waals surface area (Å²) in [7, 11) is 1.63. The molecule has 0 bridgehead atoms. The first-order valence-electron chi connectivity index (χ1n) is 6.05. The molecule has 0 saturated heterocycles. The standard InChI is InChI=1S/C14H13BrN4O/c1-8-3-4-12-13(17-8)19(14(16)18-12)10-5-9(15)6-11(7-10)20-2/h3-7H,1-2H3,(H2,16,18). The molecule has 1 aromatic carbocycles. The number of benzene rings is 1. The summed E-state index contributed by atoms with van der Waals surface area (Å²) < 4.78 is 8.00. The number of ether oxygens (including phenoxy) is 1. The van der Waals surface area contributed by atoms with E-state index in [1.165, 1.54) is 0 Å². The van der Waals surface area contributed by atoms with Crippen molar-refractivity contribution in [3.8, 4) is 11.4 Å². The molecule has 0 radical (unpaired) electrons. The summed E-state index contributed by atoms with van der Waals surface area (Å²) in [4.78, 5) is 8.86. The quantitative estimate of drug-likeness (QED) is 0.783. The largest absolute Gasteiger partial charge is 0.497 e. The van der Waals surface area contributed by atoms with Gasteiger partial charge < -0.3 is 10.5 Å². The number of halogens is 1. The molecule has 6 heteroatoms. The number of methoxy groups -OCH3 is 1. The number of fused-ring (bicyclic) bond motifs is 1. The highest BCUT2D eigenvalue weighted by atomic mass is 79.9. The molecule has 2 N–H and O–H groups in total. The molecule has 2 aromatic heterocycles. The molecule has 0 spiro atoms. The second-order valence-corrected chi connectivity index (χ2v) is 5.37. The molecule has 2 heterocycles. The van der Waals surface area contributed by atoms with Gasteiger partial charge in [-0.15, -0.1) is 0 Å². The summed E-state index contributed by atoms with van der Waals surface area (Å²) in [5.41, 5.74) is 9.31. The second-order valence-electron chi connectivity index (χ2n) is 4.45. The molecule has 3 aromatic rings. The number of pyridine rings is 1. The minimum Gasteiger partial charge on any atom is -0.497 e. The van der Waals surface area contributed by atoms with Crippen LogP contribution >= 0.6 is 15.9 Å². The van der Waals surface area contributed by atoms with Gasteiger partial charge in [-0.05, 0) is 31.2 Å². The van der Waals surface area contributed by atoms with Gasteiger partial charge in [0.05, 0.1) is 12.8 Å². The molecule has 3 rings (SSSR count). The van der Waals surface area contributed by atoms with Gasteiger partial charge >= 0.3 is 0 Å². The monoisotopic (exact) mass is 332 g/mol. The van der Waals surface area contributed by atoms with Crippen LogP contribution in [0.1, 0.15) is 5.69 Å². The molecule has 0 amide bonds. The van der Waals surface area contributed by atoms with Crippen LogP contribution in [0.25, 0.3) is 16.9 Å². The summed E-state index contributed by atoms with van der Waals surface area (Å²) in [6.45, 7) is 1.94. The Balaban J connectivity index is 2.31. The first kappa shape index (κ1) is 12.9. The van der Waals surface area contributed by atoms with Crippen LogP contribution in [0, 0.1) is 6.92 Å². The van der Waals surface area contributed by atoms with E-state index in [-0.39, 0.29) is 0 Å². The molecule has 0 aliphatic heterocycles. The Kier molecular flexibility index (Phi) is 3.10. The molecule has 0 atom stereocenters. The van der Waals surface area contributed by atoms with E-state index in [0.29, 0.717) is 5.95 Å². The van der Waals surface area contributed by atoms with Crippen LogP contribution in [0.5, 0.6) is 5.75 Å². The van der Waals surface area contributed by atoms with Gasteiger partial charge in [0, 0.05) is 16.2 Å². The van der Waals surface area contributed by atoms with Crippen molar-refractivity contribution in [3.63, 3.8) is 0 Å². The van der Waals surface area contributed by atoms with Crippen molar-refractivity contribution < 1.29 is 4.74 Å². The Bertz CT molecular complexity index is 797. The molecule has 0 unspecified atom stereocenters. The zero-order chi connectivity index (χ0) is 14.3. The fourth-order valence-electron chi connectivity index (χ4n) is 2.12. The van der Waals surface area contributed by atoms with Crippen LogP contribution in [-0.2, 0) is 0 Å². The predicted octanol–water partition coefficient (Wildman–Crippen LogP) is 3.08. The summed E-state index contributed by atoms with van der Waals surface area (Å²) >= 11 is 3.47. The highest BCUT2D eigenvalue weighted by Gasteiger charge is 2.12. The zero-order valence-corrected chi connectivity index (χ0v) is 12.7. The van der Waals surface area contributed by atoms with Crippen LogP contribution in [0.2, 0.25) is 0 Å². The smallest absolute Gasteiger partial charge is 0.207 e. The van der Waals surface area contributed by atoms with Crippen molar-refractivity contribution in [2.75, 3.05) is 12.8 Å². The predicted molar refractivity (Wildman–Crippen MR) is 82.3 cm³/mol. The Labute approximate surface area is 124 Å². The van der Waals surface area contributed by atoms with Gasteiger partial charge in [-0.25, -0.2) is 9.97 Å². The summed E-state index contributed by atoms with van der Waals surface area (Å²) in [5, 5.41) is 0. The molecule has 5 nitrogen and oxygen atoms in total. The lowest BCUT2D eigenvalue weighted by molar-refractivity contribution is 0.414. The maximum atomic E-state index is 6.03. The first-order valence-corrected chi connectivity index (χ1v) is 6.84. The van der Waals surface area contributed by atoms with Crippen molar-refractivity contribution in [3.05, 3.63) is 40.5 Å². The number of nitrogen functional groups attached to an aromatic ring is 1. The molecule has 0 aliphatic rings. The molecule has 0 saturated carbocycles. The van der Waals surface area contributed by atoms with Crippen molar-refractivity contribution in [1.82, 2.24) is 14.5 Å². The first-order chi connectivity index (χ1) is 9.58. The number of anilines is 1. The van der Waals surface area contributed by atoms with Gasteiger partial charge in [-0.3, -0.25) is 4.57 Å². The van der Waals surface area contributed by atoms with Gasteiger partial charge in [-0.1, -0.05) is 15.9 Å². The van der Waals surface area contributed by atoms with Crippen molar-refractivity contribution in [1.29, 1.82) is 0 Å². The third kappa shape index (κ3) is 2.12. The summed E-state index contributed by atoms with van der Waals surface area (Å²) in [5.74, 6) is 1.14. The number of hydrogen-bond donors (Lipinski definition) is 1. The number of aromatic nitrogens is 3. The number of nitrogens with two attached hydrogens (primary N) is 1. The lowest BCUT2D eigenvalue weighted by Crippen LogP contribution is -2.02. The number of aryl methyl sites for hydroxylation is 1. The maximum Gasteiger partial charge on any atom is 0.207 e. The Morgan fingerprint density at radius 1 is 1.20 bits per heavy atom. The maximum absolute atomic E-state index is 6.03. The van der Waals surface area contributed by atoms with Crippen LogP contribution < -0.4 is 10.5 Å². The Morgan fingerprint density at radius 3 is 2.75 bits per heavy atom. The summed E-state index contributed by atoms with van der Waals surface area (Å²) in [6, 6.07) is 9.56. The van der Waals surface area contributed by atoms with Crippen molar-refractivity contribution in [2.24, 2.45) is 0 Å². The second kappa shape index (κ2) is 4.79. The van der Waals surface area contributed by atoms with E-state index in [1.807, 2.05) is 41.8 Å². The van der Waals surface area contributed by atoms with E-state index in [9.17, 15) is 0 Å². The van der Waals surface area contributed by atoms with Gasteiger partial charge in [0.1, 0.15) is 11.3 Å². The van der Waals surface area contributed by atoms with E-state index in [2.05, 4.69) is 25.9 Å². The number of nitrogens with zero attached hydrogens (tertiary/aromatic N) is 3. The Morgan fingerprint density at radius 2 is 2.00 bits per heavy atom. The number of rotatable bonds is 2. The van der Waals surface area contributed by atoms with E-state index >= 15 is 0 Å². The van der Waals surface area contributed by atoms with Gasteiger partial charge in [-0.2, -0.15) is 0 Å². The SMILES string of the molecule is COc1cc(Br)cc(-n2c(N)nc3ccc(C)nc32)c1. The topological polar surface area (TPSA) is 66.0 Å². The molecule has 102 valence electrons. The highest BCUT2D eigenvalue weighted by molar-refractivity contribution is 9.10. The normalized spacial score (nSPS) is 10.9. The van der Waals surface area contributed by atoms with Crippen LogP contribution in [-0.4, -0.2) is 21.6 Å². The molecule has 0 aliphatic carbocycles. The zero-order valence-electron chi connectivity index (χ0n) is 11.1. The summed E-state index contributed by atoms with van der Waals surface area (Å²) in [6.07, 6.45) is 0. The van der Waals surface area contributed by atoms with Crippen LogP contribution in [0.4, 0.5) is 5.95 Å². The van der Waals surface area contributed by atoms with E-state index in [1.54, 1.807) is 7.11 Å². The lowest BCUT2D eigenvalue weighted by atomic mass is 10.3. The third-order valence-corrected chi connectivity index (χ3v) is 3.48. The highest BCUT2D eigenvalue weighted by Crippen LogP contribution is 2.28. The van der Waals surface area contributed by atoms with E-state index in [0.717, 1.165) is 32.8 Å². The fourth-order valence-corrected chi connectivity index (χ4v) is 2.58. The van der Waals surface area contributed by atoms with Crippen molar-refractivity contribution in [2.45, 2.75) is 6.92 Å². The molecular weight excluding hydrogens is 320 g/mol. The van der Waals surface area contributed by atoms with Crippen molar-refractivity contribution >= 4 is 33.0 Å². The number of imidazole rings is 1. The fraction of sp³-hybridized carbons (Fsp3) is 0.143. The minimum atomic E-state index is 0.401. The van der Waals surface area contributed by atoms with Crippen LogP contribution in [0.15, 0.2) is 34.8 Å². The number of hydrogen-bond acceptors (Lipinski definition) is 4. The van der Waals surface area contributed by atoms with Gasteiger partial charge in [0.15, 0.2) is 5.65 Å². The Hall–Kier alpha value is -2.08. The van der Waals surface area contributed by atoms with Gasteiger partial charge in [0.25, 0.3) is 0 Å². The van der Waals surface area contributed by atoms with E-state index < -0.39 is 0 Å². The van der Waals surface area contributed by atoms with Gasteiger partial charge in [0.2, 0.25) is 5.95 Å². The molecule has 20 heavy (non-hydrogen) atoms. The van der Waals surface area contributed by atoms with Crippen LogP contribution in [0.3, 0.4) is 0 Å². The molecule has 0 fully saturated rings. The average molecular weight is 333 g/mol. The average Bonchev–Trinajstić information content (AvgIpc) is 2.73. The minimum absolute atomic E-state index is 0.401.